The molecule has 10 atom stereocenters. The maximum Gasteiger partial charge on any atom is 0.265 e. The molecule has 6 rings (SSSR count). The minimum atomic E-state index is -3.87. The number of amides is 1. The van der Waals surface area contributed by atoms with Crippen LogP contribution in [0.1, 0.15) is 85.0 Å². The number of aromatic nitrogens is 1. The second-order valence-corrected chi connectivity index (χ2v) is 16.9. The van der Waals surface area contributed by atoms with Crippen LogP contribution in [0.25, 0.3) is 10.2 Å². The third-order valence-corrected chi connectivity index (χ3v) is 14.6. The zero-order valence-corrected chi connectivity index (χ0v) is 26.0. The van der Waals surface area contributed by atoms with Gasteiger partial charge in [0, 0.05) is 12.1 Å². The fourth-order valence-electron chi connectivity index (χ4n) is 10.0. The molecule has 5 N–H and O–H groups in total. The average Bonchev–Trinajstić information content (AvgIpc) is 3.50. The number of carbonyl (C=O) groups is 1. The van der Waals surface area contributed by atoms with Crippen LogP contribution in [0.15, 0.2) is 22.5 Å². The Kier molecular flexibility index (Phi) is 7.58. The Balaban J connectivity index is 1.10. The molecule has 8 nitrogen and oxygen atoms in total. The summed E-state index contributed by atoms with van der Waals surface area (Å²) in [6.45, 7) is 7.05. The van der Waals surface area contributed by atoms with Crippen molar-refractivity contribution in [2.45, 2.75) is 102 Å². The molecule has 4 fully saturated rings. The van der Waals surface area contributed by atoms with E-state index >= 15 is 0 Å². The monoisotopic (exact) mass is 603 g/mol. The van der Waals surface area contributed by atoms with E-state index < -0.39 is 10.0 Å². The lowest BCUT2D eigenvalue weighted by Crippen LogP contribution is -2.58. The van der Waals surface area contributed by atoms with Crippen LogP contribution in [0.4, 0.5) is 5.69 Å². The van der Waals surface area contributed by atoms with E-state index in [0.29, 0.717) is 57.8 Å². The number of aliphatic hydroxyl groups is 2. The van der Waals surface area contributed by atoms with Gasteiger partial charge in [-0.25, -0.2) is 18.5 Å². The van der Waals surface area contributed by atoms with Crippen molar-refractivity contribution in [2.75, 3.05) is 5.32 Å². The summed E-state index contributed by atoms with van der Waals surface area (Å²) >= 11 is 0.994. The minimum Gasteiger partial charge on any atom is -0.393 e. The second-order valence-electron chi connectivity index (χ2n) is 14.2. The van der Waals surface area contributed by atoms with Crippen LogP contribution >= 0.6 is 11.3 Å². The quantitative estimate of drug-likeness (QED) is 0.353. The van der Waals surface area contributed by atoms with E-state index in [1.807, 2.05) is 0 Å². The Morgan fingerprint density at radius 3 is 2.68 bits per heavy atom. The molecule has 0 spiro atoms. The normalized spacial score (nSPS) is 39.5. The van der Waals surface area contributed by atoms with Crippen LogP contribution < -0.4 is 10.5 Å². The van der Waals surface area contributed by atoms with E-state index in [1.165, 1.54) is 12.8 Å². The molecule has 0 unspecified atom stereocenters. The summed E-state index contributed by atoms with van der Waals surface area (Å²) in [5.41, 5.74) is 1.26. The summed E-state index contributed by atoms with van der Waals surface area (Å²) in [5.74, 6) is 2.93. The van der Waals surface area contributed by atoms with Crippen molar-refractivity contribution >= 4 is 43.2 Å². The Morgan fingerprint density at radius 1 is 1.15 bits per heavy atom. The molecule has 1 aromatic heterocycles. The first-order valence-electron chi connectivity index (χ1n) is 15.4. The van der Waals surface area contributed by atoms with Gasteiger partial charge in [-0.2, -0.15) is 0 Å². The predicted molar refractivity (Wildman–Crippen MR) is 161 cm³/mol. The van der Waals surface area contributed by atoms with Gasteiger partial charge in [0.2, 0.25) is 10.2 Å². The summed E-state index contributed by atoms with van der Waals surface area (Å²) in [4.78, 5) is 17.0. The van der Waals surface area contributed by atoms with Crippen molar-refractivity contribution < 1.29 is 23.4 Å². The number of fused-ring (bicyclic) bond motifs is 6. The van der Waals surface area contributed by atoms with E-state index in [2.05, 4.69) is 31.1 Å². The van der Waals surface area contributed by atoms with Gasteiger partial charge in [-0.3, -0.25) is 4.79 Å². The first-order chi connectivity index (χ1) is 19.3. The standard InChI is InChI=1S/C31H45N3O5S2/c1-17(4-11-28(37)33-19-6-10-25-26(15-19)40-29(34-25)41(32,38)39)22-8-9-23-21-7-5-18-14-20(35)12-13-30(18,2)24(21)16-27(36)31(22,23)3/h6,10,15,17-18,20-24,27,35-36H,4-5,7-9,11-14,16H2,1-3H3,(H,33,37)(H2,32,38,39)/t17-,18-,20-,21+,22-,23+,24+,27+,30+,31-/m1/s1. The number of sulfonamides is 1. The molecule has 1 aromatic carbocycles. The maximum absolute atomic E-state index is 12.9. The Hall–Kier alpha value is -1.59. The molecule has 4 aliphatic rings. The summed E-state index contributed by atoms with van der Waals surface area (Å²) < 4.78 is 23.8. The Labute approximate surface area is 247 Å². The van der Waals surface area contributed by atoms with Crippen LogP contribution in [0, 0.1) is 46.3 Å². The van der Waals surface area contributed by atoms with Crippen LogP contribution in [-0.2, 0) is 14.8 Å². The first kappa shape index (κ1) is 29.5. The van der Waals surface area contributed by atoms with Gasteiger partial charge in [0.05, 0.1) is 22.4 Å². The number of anilines is 1. The van der Waals surface area contributed by atoms with Crippen LogP contribution in [0.3, 0.4) is 0 Å². The molecule has 0 saturated heterocycles. The van der Waals surface area contributed by atoms with E-state index in [9.17, 15) is 23.4 Å². The average molecular weight is 604 g/mol. The number of nitrogens with zero attached hydrogens (tertiary/aromatic N) is 1. The number of hydrogen-bond acceptors (Lipinski definition) is 7. The lowest BCUT2D eigenvalue weighted by atomic mass is 9.43. The van der Waals surface area contributed by atoms with Crippen molar-refractivity contribution in [3.8, 4) is 0 Å². The number of hydrogen-bond donors (Lipinski definition) is 4. The molecular formula is C31H45N3O5S2. The Morgan fingerprint density at radius 2 is 1.93 bits per heavy atom. The third kappa shape index (κ3) is 5.05. The lowest BCUT2D eigenvalue weighted by Gasteiger charge is -2.62. The molecule has 4 saturated carbocycles. The minimum absolute atomic E-state index is 0.0675. The van der Waals surface area contributed by atoms with Crippen LogP contribution in [0.5, 0.6) is 0 Å². The zero-order chi connectivity index (χ0) is 29.3. The highest BCUT2D eigenvalue weighted by Crippen LogP contribution is 2.68. The van der Waals surface area contributed by atoms with Gasteiger partial charge < -0.3 is 15.5 Å². The number of benzene rings is 1. The Bertz CT molecular complexity index is 1430. The van der Waals surface area contributed by atoms with Gasteiger partial charge in [0.25, 0.3) is 10.0 Å². The zero-order valence-electron chi connectivity index (χ0n) is 24.4. The molecule has 41 heavy (non-hydrogen) atoms. The number of thiazole rings is 1. The van der Waals surface area contributed by atoms with E-state index in [4.69, 9.17) is 5.14 Å². The van der Waals surface area contributed by atoms with Crippen molar-refractivity contribution in [1.82, 2.24) is 4.98 Å². The first-order valence-corrected chi connectivity index (χ1v) is 17.8. The van der Waals surface area contributed by atoms with E-state index in [-0.39, 0.29) is 33.3 Å². The van der Waals surface area contributed by atoms with Crippen LogP contribution in [-0.4, -0.2) is 41.7 Å². The molecule has 1 amide bonds. The van der Waals surface area contributed by atoms with Gasteiger partial charge >= 0.3 is 0 Å². The van der Waals surface area contributed by atoms with E-state index in [1.54, 1.807) is 18.2 Å². The second kappa shape index (κ2) is 10.5. The highest BCUT2D eigenvalue weighted by molar-refractivity contribution is 7.91. The van der Waals surface area contributed by atoms with Gasteiger partial charge in [-0.15, -0.1) is 11.3 Å². The molecule has 0 radical (unpaired) electrons. The van der Waals surface area contributed by atoms with Crippen LogP contribution in [0.2, 0.25) is 0 Å². The molecule has 226 valence electrons. The smallest absolute Gasteiger partial charge is 0.265 e. The fourth-order valence-corrected chi connectivity index (χ4v) is 11.7. The largest absolute Gasteiger partial charge is 0.393 e. The summed E-state index contributed by atoms with van der Waals surface area (Å²) in [6.07, 6.45) is 9.13. The topological polar surface area (TPSA) is 143 Å². The highest BCUT2D eigenvalue weighted by Gasteiger charge is 2.63. The number of nitrogens with one attached hydrogen (secondary N) is 1. The molecule has 0 aliphatic heterocycles. The summed E-state index contributed by atoms with van der Waals surface area (Å²) in [6, 6.07) is 5.16. The SMILES string of the molecule is C[C@H](CCC(=O)Nc1ccc2nc(S(N)(=O)=O)sc2c1)[C@H]1CC[C@H]2[C@@H]3CC[C@@H]4C[C@H](O)CC[C@]4(C)[C@H]3C[C@H](O)[C@]12C. The lowest BCUT2D eigenvalue weighted by molar-refractivity contribution is -0.174. The van der Waals surface area contributed by atoms with Crippen molar-refractivity contribution in [3.05, 3.63) is 18.2 Å². The molecule has 2 aromatic rings. The van der Waals surface area contributed by atoms with Gasteiger partial charge in [0.15, 0.2) is 0 Å². The molecule has 4 aliphatic carbocycles. The van der Waals surface area contributed by atoms with Gasteiger partial charge in [0.1, 0.15) is 0 Å². The number of nitrogens with two attached hydrogens (primary N) is 1. The summed E-state index contributed by atoms with van der Waals surface area (Å²) in [5, 5.41) is 30.3. The fraction of sp³-hybridized carbons (Fsp3) is 0.742. The molecule has 0 bridgehead atoms. The van der Waals surface area contributed by atoms with Crippen molar-refractivity contribution in [1.29, 1.82) is 0 Å². The number of aliphatic hydroxyl groups excluding tert-OH is 2. The maximum atomic E-state index is 12.9. The van der Waals surface area contributed by atoms with Crippen molar-refractivity contribution in [2.24, 2.45) is 51.5 Å². The van der Waals surface area contributed by atoms with Gasteiger partial charge in [-0.1, -0.05) is 20.8 Å². The third-order valence-electron chi connectivity index (χ3n) is 12.2. The molecule has 1 heterocycles. The number of primary sulfonamides is 1. The molecule has 10 heteroatoms. The number of rotatable bonds is 6. The predicted octanol–water partition coefficient (Wildman–Crippen LogP) is 5.29. The van der Waals surface area contributed by atoms with Gasteiger partial charge in [-0.05, 0) is 122 Å². The highest BCUT2D eigenvalue weighted by atomic mass is 32.2. The summed E-state index contributed by atoms with van der Waals surface area (Å²) in [7, 11) is -3.87. The number of carbonyl (C=O) groups excluding carboxylic acids is 1. The van der Waals surface area contributed by atoms with E-state index in [0.717, 1.165) is 56.3 Å². The van der Waals surface area contributed by atoms with Crippen molar-refractivity contribution in [3.63, 3.8) is 0 Å². The molecular weight excluding hydrogens is 558 g/mol.